The van der Waals surface area contributed by atoms with E-state index in [2.05, 4.69) is 19.8 Å². The largest absolute Gasteiger partial charge is 0.369 e. The van der Waals surface area contributed by atoms with E-state index in [0.717, 1.165) is 30.2 Å². The summed E-state index contributed by atoms with van der Waals surface area (Å²) in [5.41, 5.74) is 1.47. The van der Waals surface area contributed by atoms with Gasteiger partial charge in [0.25, 0.3) is 5.91 Å². The summed E-state index contributed by atoms with van der Waals surface area (Å²) in [5.74, 6) is -0.156. The number of rotatable bonds is 3. The van der Waals surface area contributed by atoms with Gasteiger partial charge in [-0.05, 0) is 36.2 Å². The number of hydrogen-bond donors (Lipinski definition) is 1. The van der Waals surface area contributed by atoms with Crippen molar-refractivity contribution < 1.29 is 4.79 Å². The molecule has 0 saturated carbocycles. The predicted molar refractivity (Wildman–Crippen MR) is 79.4 cm³/mol. The Kier molecular flexibility index (Phi) is 3.84. The third kappa shape index (κ3) is 2.91. The fourth-order valence-electron chi connectivity index (χ4n) is 2.31. The van der Waals surface area contributed by atoms with Crippen LogP contribution in [0.3, 0.4) is 0 Å². The lowest BCUT2D eigenvalue weighted by Crippen LogP contribution is -2.37. The molecule has 0 radical (unpaired) electrons. The minimum Gasteiger partial charge on any atom is -0.369 e. The molecule has 0 bridgehead atoms. The average molecular weight is 309 g/mol. The Hall–Kier alpha value is -1.66. The van der Waals surface area contributed by atoms with E-state index in [9.17, 15) is 4.79 Å². The second kappa shape index (κ2) is 5.76. The molecule has 5 nitrogen and oxygen atoms in total. The molecule has 1 atom stereocenters. The molecule has 0 aliphatic carbocycles. The zero-order valence-electron chi connectivity index (χ0n) is 10.6. The van der Waals surface area contributed by atoms with Gasteiger partial charge in [0, 0.05) is 35.2 Å². The summed E-state index contributed by atoms with van der Waals surface area (Å²) < 4.78 is 3.70. The third-order valence-electron chi connectivity index (χ3n) is 3.29. The Morgan fingerprint density at radius 3 is 3.15 bits per heavy atom. The van der Waals surface area contributed by atoms with E-state index >= 15 is 0 Å². The molecule has 1 amide bonds. The van der Waals surface area contributed by atoms with Crippen LogP contribution < -0.4 is 10.2 Å². The van der Waals surface area contributed by atoms with Crippen molar-refractivity contribution in [2.45, 2.75) is 12.5 Å². The quantitative estimate of drug-likeness (QED) is 0.944. The number of halogens is 1. The average Bonchev–Trinajstić information content (AvgIpc) is 3.10. The Morgan fingerprint density at radius 2 is 2.40 bits per heavy atom. The highest BCUT2D eigenvalue weighted by Gasteiger charge is 2.25. The first-order valence-corrected chi connectivity index (χ1v) is 7.52. The van der Waals surface area contributed by atoms with E-state index in [4.69, 9.17) is 11.6 Å². The third-order valence-corrected chi connectivity index (χ3v) is 4.03. The second-order valence-corrected chi connectivity index (χ2v) is 5.72. The fourth-order valence-corrected chi connectivity index (χ4v) is 2.93. The number of anilines is 1. The maximum Gasteiger partial charge on any atom is 0.273 e. The second-order valence-electron chi connectivity index (χ2n) is 4.68. The summed E-state index contributed by atoms with van der Waals surface area (Å²) in [7, 11) is 0. The van der Waals surface area contributed by atoms with E-state index in [-0.39, 0.29) is 11.9 Å². The number of nitrogens with zero attached hydrogens (tertiary/aromatic N) is 3. The van der Waals surface area contributed by atoms with E-state index in [1.807, 2.05) is 24.3 Å². The SMILES string of the molecule is O=C(N[C@@H]1CCN(c2cccc(Cl)c2)C1)c1csnn1. The van der Waals surface area contributed by atoms with Gasteiger partial charge in [-0.25, -0.2) is 0 Å². The predicted octanol–water partition coefficient (Wildman–Crippen LogP) is 2.20. The molecule has 1 aromatic heterocycles. The minimum atomic E-state index is -0.156. The van der Waals surface area contributed by atoms with Gasteiger partial charge in [-0.3, -0.25) is 4.79 Å². The number of carbonyl (C=O) groups is 1. The van der Waals surface area contributed by atoms with Gasteiger partial charge in [0.2, 0.25) is 0 Å². The lowest BCUT2D eigenvalue weighted by atomic mass is 10.2. The van der Waals surface area contributed by atoms with Crippen LogP contribution in [-0.2, 0) is 0 Å². The molecular weight excluding hydrogens is 296 g/mol. The van der Waals surface area contributed by atoms with Gasteiger partial charge in [-0.1, -0.05) is 22.2 Å². The Morgan fingerprint density at radius 1 is 1.50 bits per heavy atom. The minimum absolute atomic E-state index is 0.128. The van der Waals surface area contributed by atoms with E-state index < -0.39 is 0 Å². The number of hydrogen-bond acceptors (Lipinski definition) is 5. The molecule has 0 spiro atoms. The number of benzene rings is 1. The number of amides is 1. The summed E-state index contributed by atoms with van der Waals surface area (Å²) in [6.07, 6.45) is 0.913. The normalized spacial score (nSPS) is 18.2. The smallest absolute Gasteiger partial charge is 0.273 e. The van der Waals surface area contributed by atoms with Crippen LogP contribution in [0.5, 0.6) is 0 Å². The topological polar surface area (TPSA) is 58.1 Å². The van der Waals surface area contributed by atoms with Gasteiger partial charge in [-0.15, -0.1) is 5.10 Å². The van der Waals surface area contributed by atoms with Gasteiger partial charge < -0.3 is 10.2 Å². The molecule has 1 saturated heterocycles. The molecular formula is C13H13ClN4OS. The zero-order valence-corrected chi connectivity index (χ0v) is 12.2. The van der Waals surface area contributed by atoms with Crippen molar-refractivity contribution in [3.05, 3.63) is 40.4 Å². The maximum absolute atomic E-state index is 11.9. The molecule has 1 aliphatic rings. The highest BCUT2D eigenvalue weighted by Crippen LogP contribution is 2.23. The molecule has 0 unspecified atom stereocenters. The van der Waals surface area contributed by atoms with Crippen molar-refractivity contribution in [1.82, 2.24) is 14.9 Å². The first-order chi connectivity index (χ1) is 9.72. The summed E-state index contributed by atoms with van der Waals surface area (Å²) in [6, 6.07) is 7.89. The van der Waals surface area contributed by atoms with Crippen molar-refractivity contribution in [3.63, 3.8) is 0 Å². The summed E-state index contributed by atoms with van der Waals surface area (Å²) in [6.45, 7) is 1.68. The standard InChI is InChI=1S/C13H13ClN4OS/c14-9-2-1-3-11(6-9)18-5-4-10(7-18)15-13(19)12-8-20-17-16-12/h1-3,6,8,10H,4-5,7H2,(H,15,19)/t10-/m1/s1. The van der Waals surface area contributed by atoms with E-state index in [0.29, 0.717) is 5.69 Å². The molecule has 7 heteroatoms. The summed E-state index contributed by atoms with van der Waals surface area (Å²) in [5, 5.41) is 9.14. The van der Waals surface area contributed by atoms with Gasteiger partial charge in [-0.2, -0.15) is 0 Å². The van der Waals surface area contributed by atoms with Crippen molar-refractivity contribution in [3.8, 4) is 0 Å². The van der Waals surface area contributed by atoms with Crippen LogP contribution in [0.15, 0.2) is 29.6 Å². The van der Waals surface area contributed by atoms with Crippen molar-refractivity contribution in [1.29, 1.82) is 0 Å². The van der Waals surface area contributed by atoms with Crippen LogP contribution in [0.25, 0.3) is 0 Å². The highest BCUT2D eigenvalue weighted by atomic mass is 35.5. The molecule has 1 fully saturated rings. The Balaban J connectivity index is 1.61. The highest BCUT2D eigenvalue weighted by molar-refractivity contribution is 7.03. The summed E-state index contributed by atoms with van der Waals surface area (Å²) >= 11 is 7.18. The first kappa shape index (κ1) is 13.3. The zero-order chi connectivity index (χ0) is 13.9. The molecule has 2 aromatic rings. The van der Waals surface area contributed by atoms with Crippen LogP contribution in [-0.4, -0.2) is 34.6 Å². The van der Waals surface area contributed by atoms with Crippen LogP contribution >= 0.6 is 23.1 Å². The number of nitrogens with one attached hydrogen (secondary N) is 1. The van der Waals surface area contributed by atoms with Crippen LogP contribution in [0.1, 0.15) is 16.9 Å². The van der Waals surface area contributed by atoms with Gasteiger partial charge in [0.1, 0.15) is 0 Å². The van der Waals surface area contributed by atoms with Crippen molar-refractivity contribution >= 4 is 34.7 Å². The van der Waals surface area contributed by atoms with Crippen LogP contribution in [0.2, 0.25) is 5.02 Å². The number of aromatic nitrogens is 2. The van der Waals surface area contributed by atoms with Crippen molar-refractivity contribution in [2.75, 3.05) is 18.0 Å². The molecule has 1 aliphatic heterocycles. The van der Waals surface area contributed by atoms with Crippen molar-refractivity contribution in [2.24, 2.45) is 0 Å². The van der Waals surface area contributed by atoms with E-state index in [1.54, 1.807) is 5.38 Å². The summed E-state index contributed by atoms with van der Waals surface area (Å²) in [4.78, 5) is 14.1. The molecule has 2 heterocycles. The molecule has 3 rings (SSSR count). The first-order valence-electron chi connectivity index (χ1n) is 6.31. The maximum atomic E-state index is 11.9. The van der Waals surface area contributed by atoms with Crippen LogP contribution in [0, 0.1) is 0 Å². The fraction of sp³-hybridized carbons (Fsp3) is 0.308. The van der Waals surface area contributed by atoms with Gasteiger partial charge in [0.15, 0.2) is 5.69 Å². The Bertz CT molecular complexity index is 604. The lowest BCUT2D eigenvalue weighted by Gasteiger charge is -2.19. The number of carbonyl (C=O) groups excluding carboxylic acids is 1. The monoisotopic (exact) mass is 308 g/mol. The molecule has 1 aromatic carbocycles. The van der Waals surface area contributed by atoms with E-state index in [1.165, 1.54) is 11.5 Å². The molecule has 20 heavy (non-hydrogen) atoms. The van der Waals surface area contributed by atoms with Gasteiger partial charge >= 0.3 is 0 Å². The Labute approximate surface area is 125 Å². The van der Waals surface area contributed by atoms with Crippen LogP contribution in [0.4, 0.5) is 5.69 Å². The molecule has 1 N–H and O–H groups in total. The molecule has 104 valence electrons. The lowest BCUT2D eigenvalue weighted by molar-refractivity contribution is 0.0935. The van der Waals surface area contributed by atoms with Gasteiger partial charge in [0.05, 0.1) is 0 Å².